The SMILES string of the molecule is c1ccc(-c2nc(CN3C[C@@H]4CCCN[C@@H]4C3)no2)cc1. The van der Waals surface area contributed by atoms with Gasteiger partial charge in [0, 0.05) is 24.7 Å². The van der Waals surface area contributed by atoms with E-state index in [-0.39, 0.29) is 0 Å². The first kappa shape index (κ1) is 13.0. The van der Waals surface area contributed by atoms with Gasteiger partial charge in [-0.15, -0.1) is 0 Å². The zero-order valence-corrected chi connectivity index (χ0v) is 12.0. The minimum Gasteiger partial charge on any atom is -0.334 e. The Morgan fingerprint density at radius 2 is 2.14 bits per heavy atom. The highest BCUT2D eigenvalue weighted by molar-refractivity contribution is 5.51. The second-order valence-electron chi connectivity index (χ2n) is 6.04. The number of benzene rings is 1. The predicted molar refractivity (Wildman–Crippen MR) is 79.5 cm³/mol. The molecule has 5 heteroatoms. The minimum atomic E-state index is 0.611. The molecule has 0 aliphatic carbocycles. The van der Waals surface area contributed by atoms with E-state index in [1.54, 1.807) is 0 Å². The molecule has 2 fully saturated rings. The first-order valence-corrected chi connectivity index (χ1v) is 7.72. The summed E-state index contributed by atoms with van der Waals surface area (Å²) in [6, 6.07) is 10.6. The number of hydrogen-bond donors (Lipinski definition) is 1. The van der Waals surface area contributed by atoms with Crippen LogP contribution in [0.2, 0.25) is 0 Å². The summed E-state index contributed by atoms with van der Waals surface area (Å²) in [5.74, 6) is 2.19. The zero-order valence-electron chi connectivity index (χ0n) is 12.0. The molecule has 1 N–H and O–H groups in total. The average Bonchev–Trinajstić information content (AvgIpc) is 3.14. The third-order valence-electron chi connectivity index (χ3n) is 4.53. The van der Waals surface area contributed by atoms with E-state index in [0.29, 0.717) is 11.9 Å². The maximum absolute atomic E-state index is 5.38. The Morgan fingerprint density at radius 1 is 1.24 bits per heavy atom. The molecule has 0 unspecified atom stereocenters. The van der Waals surface area contributed by atoms with Crippen LogP contribution in [0, 0.1) is 5.92 Å². The molecule has 5 nitrogen and oxygen atoms in total. The van der Waals surface area contributed by atoms with Gasteiger partial charge in [0.2, 0.25) is 0 Å². The third-order valence-corrected chi connectivity index (χ3v) is 4.53. The van der Waals surface area contributed by atoms with Crippen LogP contribution in [0.5, 0.6) is 0 Å². The van der Waals surface area contributed by atoms with Crippen LogP contribution in [0.25, 0.3) is 11.5 Å². The fourth-order valence-corrected chi connectivity index (χ4v) is 3.48. The summed E-state index contributed by atoms with van der Waals surface area (Å²) < 4.78 is 5.38. The quantitative estimate of drug-likeness (QED) is 0.933. The van der Waals surface area contributed by atoms with Crippen molar-refractivity contribution in [2.45, 2.75) is 25.4 Å². The predicted octanol–water partition coefficient (Wildman–Crippen LogP) is 1.92. The van der Waals surface area contributed by atoms with Crippen molar-refractivity contribution in [3.05, 3.63) is 36.2 Å². The Bertz CT molecular complexity index is 583. The van der Waals surface area contributed by atoms with E-state index in [1.807, 2.05) is 30.3 Å². The van der Waals surface area contributed by atoms with Gasteiger partial charge in [0.15, 0.2) is 5.82 Å². The normalized spacial score (nSPS) is 25.9. The monoisotopic (exact) mass is 284 g/mol. The summed E-state index contributed by atoms with van der Waals surface area (Å²) >= 11 is 0. The number of hydrogen-bond acceptors (Lipinski definition) is 5. The summed E-state index contributed by atoms with van der Waals surface area (Å²) in [4.78, 5) is 6.96. The average molecular weight is 284 g/mol. The number of nitrogens with one attached hydrogen (secondary N) is 1. The molecule has 110 valence electrons. The molecule has 2 atom stereocenters. The van der Waals surface area contributed by atoms with Crippen LogP contribution >= 0.6 is 0 Å². The molecule has 21 heavy (non-hydrogen) atoms. The molecular weight excluding hydrogens is 264 g/mol. The lowest BCUT2D eigenvalue weighted by Gasteiger charge is -2.24. The van der Waals surface area contributed by atoms with Gasteiger partial charge in [-0.05, 0) is 37.4 Å². The van der Waals surface area contributed by atoms with E-state index >= 15 is 0 Å². The Kier molecular flexibility index (Phi) is 3.45. The van der Waals surface area contributed by atoms with E-state index < -0.39 is 0 Å². The second-order valence-corrected chi connectivity index (χ2v) is 6.04. The largest absolute Gasteiger partial charge is 0.334 e. The van der Waals surface area contributed by atoms with Gasteiger partial charge >= 0.3 is 0 Å². The fourth-order valence-electron chi connectivity index (χ4n) is 3.48. The highest BCUT2D eigenvalue weighted by Crippen LogP contribution is 2.26. The van der Waals surface area contributed by atoms with Gasteiger partial charge in [-0.25, -0.2) is 0 Å². The van der Waals surface area contributed by atoms with Gasteiger partial charge < -0.3 is 9.84 Å². The smallest absolute Gasteiger partial charge is 0.257 e. The number of rotatable bonds is 3. The number of nitrogens with zero attached hydrogens (tertiary/aromatic N) is 3. The van der Waals surface area contributed by atoms with Crippen molar-refractivity contribution >= 4 is 0 Å². The summed E-state index contributed by atoms with van der Waals surface area (Å²) in [5.41, 5.74) is 0.980. The van der Waals surface area contributed by atoms with Crippen molar-refractivity contribution < 1.29 is 4.52 Å². The van der Waals surface area contributed by atoms with Crippen molar-refractivity contribution in [3.8, 4) is 11.5 Å². The van der Waals surface area contributed by atoms with Crippen molar-refractivity contribution in [1.82, 2.24) is 20.4 Å². The number of aromatic nitrogens is 2. The number of fused-ring (bicyclic) bond motifs is 1. The summed E-state index contributed by atoms with van der Waals surface area (Å²) in [6.07, 6.45) is 2.64. The zero-order chi connectivity index (χ0) is 14.1. The van der Waals surface area contributed by atoms with Crippen LogP contribution in [0.4, 0.5) is 0 Å². The minimum absolute atomic E-state index is 0.611. The van der Waals surface area contributed by atoms with Crippen LogP contribution < -0.4 is 5.32 Å². The lowest BCUT2D eigenvalue weighted by Crippen LogP contribution is -2.40. The first-order chi connectivity index (χ1) is 10.4. The Hall–Kier alpha value is -1.72. The summed E-state index contributed by atoms with van der Waals surface area (Å²) in [5, 5.41) is 7.75. The fraction of sp³-hybridized carbons (Fsp3) is 0.500. The van der Waals surface area contributed by atoms with Gasteiger partial charge in [-0.2, -0.15) is 4.98 Å². The lowest BCUT2D eigenvalue weighted by atomic mass is 9.94. The standard InChI is InChI=1S/C16H20N4O/c1-2-5-12(6-3-1)16-18-15(19-21-16)11-20-9-13-7-4-8-17-14(13)10-20/h1-3,5-6,13-14,17H,4,7-11H2/t13-,14+/m0/s1. The van der Waals surface area contributed by atoms with Gasteiger partial charge in [0.1, 0.15) is 0 Å². The van der Waals surface area contributed by atoms with Gasteiger partial charge in [-0.1, -0.05) is 23.4 Å². The van der Waals surface area contributed by atoms with E-state index in [0.717, 1.165) is 43.5 Å². The maximum atomic E-state index is 5.38. The van der Waals surface area contributed by atoms with E-state index in [1.165, 1.54) is 12.8 Å². The topological polar surface area (TPSA) is 54.2 Å². The number of likely N-dealkylation sites (tertiary alicyclic amines) is 1. The van der Waals surface area contributed by atoms with Crippen LogP contribution in [0.1, 0.15) is 18.7 Å². The summed E-state index contributed by atoms with van der Waals surface area (Å²) in [7, 11) is 0. The van der Waals surface area contributed by atoms with Crippen molar-refractivity contribution in [2.24, 2.45) is 5.92 Å². The molecule has 2 saturated heterocycles. The Labute approximate surface area is 124 Å². The van der Waals surface area contributed by atoms with Crippen LogP contribution in [-0.2, 0) is 6.54 Å². The summed E-state index contributed by atoms with van der Waals surface area (Å²) in [6.45, 7) is 4.19. The molecule has 4 rings (SSSR count). The van der Waals surface area contributed by atoms with Crippen LogP contribution in [-0.4, -0.2) is 40.7 Å². The molecular formula is C16H20N4O. The molecule has 3 heterocycles. The highest BCUT2D eigenvalue weighted by Gasteiger charge is 2.34. The number of piperidine rings is 1. The lowest BCUT2D eigenvalue weighted by molar-refractivity contribution is 0.298. The second kappa shape index (κ2) is 5.58. The van der Waals surface area contributed by atoms with Crippen molar-refractivity contribution in [3.63, 3.8) is 0 Å². The van der Waals surface area contributed by atoms with Gasteiger partial charge in [0.25, 0.3) is 5.89 Å². The maximum Gasteiger partial charge on any atom is 0.257 e. The van der Waals surface area contributed by atoms with E-state index in [9.17, 15) is 0 Å². The van der Waals surface area contributed by atoms with Gasteiger partial charge in [-0.3, -0.25) is 4.90 Å². The molecule has 0 amide bonds. The molecule has 1 aromatic carbocycles. The Balaban J connectivity index is 1.43. The van der Waals surface area contributed by atoms with E-state index in [4.69, 9.17) is 4.52 Å². The molecule has 2 aliphatic rings. The van der Waals surface area contributed by atoms with Gasteiger partial charge in [0.05, 0.1) is 6.54 Å². The first-order valence-electron chi connectivity index (χ1n) is 7.72. The van der Waals surface area contributed by atoms with Crippen LogP contribution in [0.3, 0.4) is 0 Å². The Morgan fingerprint density at radius 3 is 3.00 bits per heavy atom. The third kappa shape index (κ3) is 2.71. The molecule has 2 aliphatic heterocycles. The van der Waals surface area contributed by atoms with E-state index in [2.05, 4.69) is 20.4 Å². The van der Waals surface area contributed by atoms with Crippen LogP contribution in [0.15, 0.2) is 34.9 Å². The highest BCUT2D eigenvalue weighted by atomic mass is 16.5. The molecule has 0 spiro atoms. The molecule has 1 aromatic heterocycles. The van der Waals surface area contributed by atoms with Crippen molar-refractivity contribution in [2.75, 3.05) is 19.6 Å². The molecule has 0 saturated carbocycles. The molecule has 2 aromatic rings. The molecule has 0 bridgehead atoms. The van der Waals surface area contributed by atoms with Crippen molar-refractivity contribution in [1.29, 1.82) is 0 Å². The molecule has 0 radical (unpaired) electrons.